The molecule has 21 heavy (non-hydrogen) atoms. The Hall–Kier alpha value is -1.40. The van der Waals surface area contributed by atoms with Gasteiger partial charge in [-0.2, -0.15) is 0 Å². The lowest BCUT2D eigenvalue weighted by molar-refractivity contribution is -0.0369. The number of rotatable bonds is 3. The summed E-state index contributed by atoms with van der Waals surface area (Å²) >= 11 is 0. The summed E-state index contributed by atoms with van der Waals surface area (Å²) in [5.74, 6) is 0.436. The molecule has 0 saturated carbocycles. The molecular weight excluding hydrogens is 268 g/mol. The van der Waals surface area contributed by atoms with Crippen LogP contribution in [0.4, 0.5) is 0 Å². The minimum atomic E-state index is -0.636. The summed E-state index contributed by atoms with van der Waals surface area (Å²) in [6.07, 6.45) is 7.20. The van der Waals surface area contributed by atoms with Gasteiger partial charge in [-0.1, -0.05) is 0 Å². The Morgan fingerprint density at radius 3 is 2.52 bits per heavy atom. The number of hydrogen-bond donors (Lipinski definition) is 1. The fraction of sp³-hybridized carbons (Fsp3) is 0.733. The second-order valence-electron chi connectivity index (χ2n) is 6.36. The molecule has 1 N–H and O–H groups in total. The smallest absolute Gasteiger partial charge is 0.289 e. The Morgan fingerprint density at radius 2 is 1.95 bits per heavy atom. The molecule has 2 fully saturated rings. The van der Waals surface area contributed by atoms with Crippen LogP contribution in [0, 0.1) is 0 Å². The molecule has 1 amide bonds. The van der Waals surface area contributed by atoms with Crippen LogP contribution in [-0.2, 0) is 7.05 Å². The van der Waals surface area contributed by atoms with E-state index in [0.717, 1.165) is 19.6 Å². The molecule has 116 valence electrons. The van der Waals surface area contributed by atoms with Crippen molar-refractivity contribution in [2.75, 3.05) is 32.7 Å². The number of likely N-dealkylation sites (tertiary alicyclic amines) is 2. The van der Waals surface area contributed by atoms with Crippen LogP contribution in [0.1, 0.15) is 36.3 Å². The first-order chi connectivity index (χ1) is 10.1. The number of carbonyl (C=O) groups excluding carboxylic acids is 1. The van der Waals surface area contributed by atoms with Crippen LogP contribution in [0.5, 0.6) is 0 Å². The second-order valence-corrected chi connectivity index (χ2v) is 6.36. The average molecular weight is 292 g/mol. The van der Waals surface area contributed by atoms with Crippen molar-refractivity contribution < 1.29 is 9.90 Å². The van der Waals surface area contributed by atoms with Crippen LogP contribution in [0.15, 0.2) is 12.4 Å². The van der Waals surface area contributed by atoms with Gasteiger partial charge in [-0.3, -0.25) is 4.79 Å². The predicted octanol–water partition coefficient (Wildman–Crippen LogP) is 0.483. The van der Waals surface area contributed by atoms with Crippen LogP contribution in [0.2, 0.25) is 0 Å². The number of amides is 1. The molecule has 0 bridgehead atoms. The van der Waals surface area contributed by atoms with Gasteiger partial charge < -0.3 is 19.5 Å². The van der Waals surface area contributed by atoms with Gasteiger partial charge >= 0.3 is 0 Å². The quantitative estimate of drug-likeness (QED) is 0.880. The molecule has 2 aliphatic heterocycles. The fourth-order valence-electron chi connectivity index (χ4n) is 3.35. The summed E-state index contributed by atoms with van der Waals surface area (Å²) in [6.45, 7) is 4.15. The highest BCUT2D eigenvalue weighted by atomic mass is 16.3. The van der Waals surface area contributed by atoms with Crippen molar-refractivity contribution in [3.63, 3.8) is 0 Å². The lowest BCUT2D eigenvalue weighted by Crippen LogP contribution is -2.52. The summed E-state index contributed by atoms with van der Waals surface area (Å²) < 4.78 is 1.74. The Bertz CT molecular complexity index is 500. The second kappa shape index (κ2) is 5.77. The van der Waals surface area contributed by atoms with Crippen LogP contribution >= 0.6 is 0 Å². The zero-order valence-electron chi connectivity index (χ0n) is 12.7. The number of piperidine rings is 1. The van der Waals surface area contributed by atoms with Crippen LogP contribution in [0.3, 0.4) is 0 Å². The highest BCUT2D eigenvalue weighted by Crippen LogP contribution is 2.25. The summed E-state index contributed by atoms with van der Waals surface area (Å²) in [5, 5.41) is 10.7. The number of carbonyl (C=O) groups is 1. The van der Waals surface area contributed by atoms with Crippen molar-refractivity contribution in [2.45, 2.75) is 31.3 Å². The lowest BCUT2D eigenvalue weighted by atomic mass is 9.90. The molecular formula is C15H24N4O2. The normalized spacial score (nSPS) is 22.7. The van der Waals surface area contributed by atoms with E-state index in [4.69, 9.17) is 0 Å². The van der Waals surface area contributed by atoms with E-state index < -0.39 is 5.60 Å². The first-order valence-corrected chi connectivity index (χ1v) is 7.79. The lowest BCUT2D eigenvalue weighted by Gasteiger charge is -2.40. The Balaban J connectivity index is 1.57. The van der Waals surface area contributed by atoms with E-state index in [9.17, 15) is 9.90 Å². The van der Waals surface area contributed by atoms with Gasteiger partial charge in [-0.15, -0.1) is 0 Å². The molecule has 0 radical (unpaired) electrons. The monoisotopic (exact) mass is 292 g/mol. The maximum atomic E-state index is 12.4. The van der Waals surface area contributed by atoms with Crippen molar-refractivity contribution in [2.24, 2.45) is 7.05 Å². The fourth-order valence-corrected chi connectivity index (χ4v) is 3.35. The highest BCUT2D eigenvalue weighted by Gasteiger charge is 2.36. The van der Waals surface area contributed by atoms with E-state index in [1.165, 1.54) is 12.8 Å². The number of aliphatic hydroxyl groups is 1. The Kier molecular flexibility index (Phi) is 3.99. The molecule has 6 nitrogen and oxygen atoms in total. The Labute approximate surface area is 125 Å². The SMILES string of the molecule is Cn1ccnc1C(=O)N1CCC(O)(CN2CCCC2)CC1. The van der Waals surface area contributed by atoms with Crippen molar-refractivity contribution >= 4 is 5.91 Å². The van der Waals surface area contributed by atoms with E-state index in [1.54, 1.807) is 21.9 Å². The zero-order valence-corrected chi connectivity index (χ0v) is 12.7. The standard InChI is InChI=1S/C15H24N4O2/c1-17-11-6-16-13(17)14(20)19-9-4-15(21,5-10-19)12-18-7-2-3-8-18/h6,11,21H,2-5,7-10,12H2,1H3. The predicted molar refractivity (Wildman–Crippen MR) is 79.0 cm³/mol. The van der Waals surface area contributed by atoms with E-state index in [-0.39, 0.29) is 5.91 Å². The first kappa shape index (κ1) is 14.5. The molecule has 0 unspecified atom stereocenters. The first-order valence-electron chi connectivity index (χ1n) is 7.79. The molecule has 0 spiro atoms. The molecule has 3 rings (SSSR count). The largest absolute Gasteiger partial charge is 0.388 e. The third-order valence-corrected chi connectivity index (χ3v) is 4.71. The number of aryl methyl sites for hydroxylation is 1. The van der Waals surface area contributed by atoms with Gasteiger partial charge in [0.05, 0.1) is 5.60 Å². The number of nitrogens with zero attached hydrogens (tertiary/aromatic N) is 4. The topological polar surface area (TPSA) is 61.6 Å². The molecule has 1 aromatic heterocycles. The van der Waals surface area contributed by atoms with Gasteiger partial charge in [-0.05, 0) is 38.8 Å². The molecule has 2 aliphatic rings. The molecule has 0 aromatic carbocycles. The van der Waals surface area contributed by atoms with E-state index >= 15 is 0 Å². The van der Waals surface area contributed by atoms with E-state index in [1.807, 2.05) is 7.05 Å². The van der Waals surface area contributed by atoms with Crippen molar-refractivity contribution in [3.05, 3.63) is 18.2 Å². The molecule has 3 heterocycles. The van der Waals surface area contributed by atoms with Gasteiger partial charge in [0.2, 0.25) is 0 Å². The minimum Gasteiger partial charge on any atom is -0.388 e. The summed E-state index contributed by atoms with van der Waals surface area (Å²) in [5.41, 5.74) is -0.636. The van der Waals surface area contributed by atoms with Crippen LogP contribution in [-0.4, -0.2) is 68.7 Å². The number of aromatic nitrogens is 2. The average Bonchev–Trinajstić information content (AvgIpc) is 3.10. The molecule has 6 heteroatoms. The maximum absolute atomic E-state index is 12.4. The van der Waals surface area contributed by atoms with Crippen molar-refractivity contribution in [3.8, 4) is 0 Å². The van der Waals surface area contributed by atoms with Gasteiger partial charge in [0.25, 0.3) is 5.91 Å². The van der Waals surface area contributed by atoms with Crippen molar-refractivity contribution in [1.29, 1.82) is 0 Å². The summed E-state index contributed by atoms with van der Waals surface area (Å²) in [7, 11) is 1.83. The van der Waals surface area contributed by atoms with Gasteiger partial charge in [0.15, 0.2) is 5.82 Å². The number of hydrogen-bond acceptors (Lipinski definition) is 4. The summed E-state index contributed by atoms with van der Waals surface area (Å²) in [6, 6.07) is 0. The van der Waals surface area contributed by atoms with Crippen molar-refractivity contribution in [1.82, 2.24) is 19.4 Å². The maximum Gasteiger partial charge on any atom is 0.289 e. The van der Waals surface area contributed by atoms with Crippen LogP contribution < -0.4 is 0 Å². The number of imidazole rings is 1. The van der Waals surface area contributed by atoms with Gasteiger partial charge in [0.1, 0.15) is 0 Å². The minimum absolute atomic E-state index is 0.0364. The van der Waals surface area contributed by atoms with E-state index in [2.05, 4.69) is 9.88 Å². The Morgan fingerprint density at radius 1 is 1.29 bits per heavy atom. The van der Waals surface area contributed by atoms with Gasteiger partial charge in [0, 0.05) is 39.1 Å². The molecule has 1 aromatic rings. The highest BCUT2D eigenvalue weighted by molar-refractivity contribution is 5.90. The summed E-state index contributed by atoms with van der Waals surface area (Å²) in [4.78, 5) is 20.6. The third kappa shape index (κ3) is 3.11. The van der Waals surface area contributed by atoms with E-state index in [0.29, 0.717) is 31.8 Å². The third-order valence-electron chi connectivity index (χ3n) is 4.71. The molecule has 0 atom stereocenters. The zero-order chi connectivity index (χ0) is 14.9. The van der Waals surface area contributed by atoms with Gasteiger partial charge in [-0.25, -0.2) is 4.98 Å². The molecule has 0 aliphatic carbocycles. The van der Waals surface area contributed by atoms with Crippen LogP contribution in [0.25, 0.3) is 0 Å². The number of β-amino-alcohol motifs (C(OH)–C–C–N with tert-alkyl or cyclic N) is 1. The molecule has 2 saturated heterocycles.